The number of ether oxygens (including phenoxy) is 1. The second-order valence-corrected chi connectivity index (χ2v) is 6.88. The van der Waals surface area contributed by atoms with Gasteiger partial charge in [-0.25, -0.2) is 0 Å². The fourth-order valence-electron chi connectivity index (χ4n) is 2.65. The van der Waals surface area contributed by atoms with E-state index >= 15 is 0 Å². The average Bonchev–Trinajstić information content (AvgIpc) is 2.50. The molecule has 124 valence electrons. The predicted molar refractivity (Wildman–Crippen MR) is 98.7 cm³/mol. The molecule has 3 heteroatoms. The molecule has 2 N–H and O–H groups in total. The second kappa shape index (κ2) is 7.85. The molecule has 0 fully saturated rings. The molecule has 0 spiro atoms. The molecule has 0 aliphatic carbocycles. The van der Waals surface area contributed by atoms with Gasteiger partial charge in [-0.1, -0.05) is 37.6 Å². The van der Waals surface area contributed by atoms with Crippen LogP contribution >= 0.6 is 11.6 Å². The van der Waals surface area contributed by atoms with E-state index in [-0.39, 0.29) is 0 Å². The lowest BCUT2D eigenvalue weighted by molar-refractivity contribution is 0.470. The van der Waals surface area contributed by atoms with Crippen molar-refractivity contribution >= 4 is 11.6 Å². The first-order valence-corrected chi connectivity index (χ1v) is 8.55. The van der Waals surface area contributed by atoms with E-state index in [0.717, 1.165) is 46.1 Å². The first-order chi connectivity index (χ1) is 10.9. The lowest BCUT2D eigenvalue weighted by Gasteiger charge is -2.16. The van der Waals surface area contributed by atoms with Gasteiger partial charge in [0.15, 0.2) is 0 Å². The van der Waals surface area contributed by atoms with Crippen LogP contribution in [0.2, 0.25) is 5.02 Å². The van der Waals surface area contributed by atoms with E-state index in [9.17, 15) is 0 Å². The third-order valence-electron chi connectivity index (χ3n) is 4.08. The smallest absolute Gasteiger partial charge is 0.130 e. The zero-order valence-electron chi connectivity index (χ0n) is 14.4. The van der Waals surface area contributed by atoms with Crippen LogP contribution in [0.25, 0.3) is 0 Å². The van der Waals surface area contributed by atoms with Gasteiger partial charge in [-0.05, 0) is 79.6 Å². The number of rotatable bonds is 6. The molecular weight excluding hydrogens is 306 g/mol. The van der Waals surface area contributed by atoms with Crippen molar-refractivity contribution in [3.05, 3.63) is 57.6 Å². The number of hydrogen-bond donors (Lipinski definition) is 1. The Hall–Kier alpha value is -1.51. The zero-order valence-corrected chi connectivity index (χ0v) is 15.2. The number of nitrogens with two attached hydrogens (primary N) is 1. The highest BCUT2D eigenvalue weighted by Gasteiger charge is 2.11. The quantitative estimate of drug-likeness (QED) is 0.764. The monoisotopic (exact) mass is 331 g/mol. The maximum absolute atomic E-state index is 6.24. The summed E-state index contributed by atoms with van der Waals surface area (Å²) in [5, 5.41) is 0.769. The summed E-state index contributed by atoms with van der Waals surface area (Å²) in [5.41, 5.74) is 10.3. The van der Waals surface area contributed by atoms with Crippen molar-refractivity contribution in [3.8, 4) is 11.5 Å². The van der Waals surface area contributed by atoms with Gasteiger partial charge >= 0.3 is 0 Å². The third-order valence-corrected chi connectivity index (χ3v) is 4.49. The Balaban J connectivity index is 2.38. The molecule has 0 heterocycles. The maximum Gasteiger partial charge on any atom is 0.130 e. The normalized spacial score (nSPS) is 11.1. The minimum absolute atomic E-state index is 0.610. The fourth-order valence-corrected chi connectivity index (χ4v) is 2.85. The highest BCUT2D eigenvalue weighted by atomic mass is 35.5. The van der Waals surface area contributed by atoms with Crippen LogP contribution in [0, 0.1) is 19.8 Å². The predicted octanol–water partition coefficient (Wildman–Crippen LogP) is 5.45. The van der Waals surface area contributed by atoms with Gasteiger partial charge in [-0.3, -0.25) is 0 Å². The summed E-state index contributed by atoms with van der Waals surface area (Å²) in [6.07, 6.45) is 1.85. The van der Waals surface area contributed by atoms with E-state index in [1.165, 1.54) is 5.56 Å². The van der Waals surface area contributed by atoms with Crippen LogP contribution < -0.4 is 10.5 Å². The van der Waals surface area contributed by atoms with E-state index in [2.05, 4.69) is 32.0 Å². The molecule has 0 radical (unpaired) electrons. The van der Waals surface area contributed by atoms with Crippen LogP contribution in [-0.2, 0) is 12.8 Å². The Labute approximate surface area is 144 Å². The molecule has 23 heavy (non-hydrogen) atoms. The van der Waals surface area contributed by atoms with Crippen LogP contribution in [0.5, 0.6) is 11.5 Å². The van der Waals surface area contributed by atoms with Crippen molar-refractivity contribution in [1.29, 1.82) is 0 Å². The third kappa shape index (κ3) is 4.49. The van der Waals surface area contributed by atoms with Gasteiger partial charge in [-0.15, -0.1) is 0 Å². The molecule has 0 aliphatic rings. The van der Waals surface area contributed by atoms with Crippen molar-refractivity contribution in [2.75, 3.05) is 6.54 Å². The van der Waals surface area contributed by atoms with Gasteiger partial charge in [0.2, 0.25) is 0 Å². The van der Waals surface area contributed by atoms with E-state index in [1.807, 2.05) is 26.0 Å². The molecule has 0 saturated carbocycles. The summed E-state index contributed by atoms with van der Waals surface area (Å²) in [7, 11) is 0. The SMILES string of the molecule is Cc1c(Cl)ccc(Oc2cc(CC(C)C)ccc2CCN)c1C. The first-order valence-electron chi connectivity index (χ1n) is 8.17. The van der Waals surface area contributed by atoms with E-state index in [4.69, 9.17) is 22.1 Å². The molecule has 0 bridgehead atoms. The molecule has 0 saturated heterocycles. The molecule has 0 amide bonds. The fraction of sp³-hybridized carbons (Fsp3) is 0.400. The minimum atomic E-state index is 0.610. The molecule has 0 aliphatic heterocycles. The van der Waals surface area contributed by atoms with Crippen molar-refractivity contribution in [2.45, 2.75) is 40.5 Å². The Morgan fingerprint density at radius 1 is 1.04 bits per heavy atom. The highest BCUT2D eigenvalue weighted by molar-refractivity contribution is 6.31. The van der Waals surface area contributed by atoms with Gasteiger partial charge in [0, 0.05) is 5.02 Å². The van der Waals surface area contributed by atoms with Gasteiger partial charge in [-0.2, -0.15) is 0 Å². The molecule has 2 aromatic rings. The second-order valence-electron chi connectivity index (χ2n) is 6.48. The Kier molecular flexibility index (Phi) is 6.09. The van der Waals surface area contributed by atoms with Gasteiger partial charge in [0.05, 0.1) is 0 Å². The number of benzene rings is 2. The average molecular weight is 332 g/mol. The zero-order chi connectivity index (χ0) is 17.0. The minimum Gasteiger partial charge on any atom is -0.457 e. The van der Waals surface area contributed by atoms with Gasteiger partial charge in [0.25, 0.3) is 0 Å². The molecule has 0 unspecified atom stereocenters. The summed E-state index contributed by atoms with van der Waals surface area (Å²) >= 11 is 6.18. The van der Waals surface area contributed by atoms with E-state index in [1.54, 1.807) is 0 Å². The summed E-state index contributed by atoms with van der Waals surface area (Å²) in [6.45, 7) is 9.11. The van der Waals surface area contributed by atoms with Crippen LogP contribution in [0.3, 0.4) is 0 Å². The molecule has 2 nitrogen and oxygen atoms in total. The topological polar surface area (TPSA) is 35.2 Å². The summed E-state index contributed by atoms with van der Waals surface area (Å²) in [5.74, 6) is 2.37. The molecule has 0 atom stereocenters. The van der Waals surface area contributed by atoms with E-state index < -0.39 is 0 Å². The summed E-state index contributed by atoms with van der Waals surface area (Å²) < 4.78 is 6.24. The maximum atomic E-state index is 6.24. The largest absolute Gasteiger partial charge is 0.457 e. The van der Waals surface area contributed by atoms with Crippen LogP contribution in [0.1, 0.15) is 36.1 Å². The molecular formula is C20H26ClNO. The number of hydrogen-bond acceptors (Lipinski definition) is 2. The van der Waals surface area contributed by atoms with Crippen molar-refractivity contribution in [2.24, 2.45) is 11.7 Å². The highest BCUT2D eigenvalue weighted by Crippen LogP contribution is 2.33. The first kappa shape index (κ1) is 17.8. The van der Waals surface area contributed by atoms with Crippen LogP contribution in [0.4, 0.5) is 0 Å². The Morgan fingerprint density at radius 3 is 2.43 bits per heavy atom. The molecule has 0 aromatic heterocycles. The van der Waals surface area contributed by atoms with Crippen LogP contribution in [-0.4, -0.2) is 6.54 Å². The Morgan fingerprint density at radius 2 is 1.78 bits per heavy atom. The van der Waals surface area contributed by atoms with Crippen molar-refractivity contribution < 1.29 is 4.74 Å². The van der Waals surface area contributed by atoms with Gasteiger partial charge < -0.3 is 10.5 Å². The molecule has 2 aromatic carbocycles. The molecule has 2 rings (SSSR count). The Bertz CT molecular complexity index is 680. The standard InChI is InChI=1S/C20H26ClNO/c1-13(2)11-16-5-6-17(9-10-22)20(12-16)23-19-8-7-18(21)14(3)15(19)4/h5-8,12-13H,9-11,22H2,1-4H3. The number of halogens is 1. The lowest BCUT2D eigenvalue weighted by atomic mass is 10.00. The van der Waals surface area contributed by atoms with Crippen molar-refractivity contribution in [3.63, 3.8) is 0 Å². The van der Waals surface area contributed by atoms with Gasteiger partial charge in [0.1, 0.15) is 11.5 Å². The lowest BCUT2D eigenvalue weighted by Crippen LogP contribution is -2.05. The summed E-state index contributed by atoms with van der Waals surface area (Å²) in [4.78, 5) is 0. The van der Waals surface area contributed by atoms with Crippen LogP contribution in [0.15, 0.2) is 30.3 Å². The van der Waals surface area contributed by atoms with E-state index in [0.29, 0.717) is 12.5 Å². The summed E-state index contributed by atoms with van der Waals surface area (Å²) in [6, 6.07) is 10.3. The van der Waals surface area contributed by atoms with Crippen molar-refractivity contribution in [1.82, 2.24) is 0 Å².